The van der Waals surface area contributed by atoms with Crippen LogP contribution in [0.5, 0.6) is 5.75 Å². The Labute approximate surface area is 109 Å². The Kier molecular flexibility index (Phi) is 4.24. The molecule has 1 aliphatic heterocycles. The summed E-state index contributed by atoms with van der Waals surface area (Å²) in [4.78, 5) is 14.2. The van der Waals surface area contributed by atoms with Gasteiger partial charge in [-0.3, -0.25) is 4.79 Å². The van der Waals surface area contributed by atoms with Crippen molar-refractivity contribution >= 4 is 5.91 Å². The number of para-hydroxylation sites is 1. The molecule has 0 radical (unpaired) electrons. The minimum atomic E-state index is 0.214. The molecule has 2 rings (SSSR count). The topological polar surface area (TPSA) is 29.5 Å². The zero-order valence-electron chi connectivity index (χ0n) is 11.2. The fourth-order valence-corrected chi connectivity index (χ4v) is 2.54. The van der Waals surface area contributed by atoms with Gasteiger partial charge in [-0.05, 0) is 24.8 Å². The Hall–Kier alpha value is -1.51. The van der Waals surface area contributed by atoms with E-state index in [1.54, 1.807) is 7.11 Å². The van der Waals surface area contributed by atoms with Crippen molar-refractivity contribution in [3.8, 4) is 5.75 Å². The molecule has 0 N–H and O–H groups in total. The number of hydrogen-bond acceptors (Lipinski definition) is 2. The summed E-state index contributed by atoms with van der Waals surface area (Å²) in [5.41, 5.74) is 0.975. The fraction of sp³-hybridized carbons (Fsp3) is 0.533. The van der Waals surface area contributed by atoms with E-state index in [-0.39, 0.29) is 5.91 Å². The molecule has 3 nitrogen and oxygen atoms in total. The van der Waals surface area contributed by atoms with E-state index in [2.05, 4.69) is 6.92 Å². The van der Waals surface area contributed by atoms with Gasteiger partial charge < -0.3 is 9.64 Å². The second kappa shape index (κ2) is 5.89. The number of nitrogens with zero attached hydrogens (tertiary/aromatic N) is 1. The van der Waals surface area contributed by atoms with Crippen LogP contribution in [0.3, 0.4) is 0 Å². The van der Waals surface area contributed by atoms with Crippen LogP contribution in [-0.2, 0) is 11.2 Å². The number of benzene rings is 1. The van der Waals surface area contributed by atoms with Crippen molar-refractivity contribution in [1.82, 2.24) is 4.90 Å². The van der Waals surface area contributed by atoms with Crippen LogP contribution >= 0.6 is 0 Å². The van der Waals surface area contributed by atoms with E-state index in [0.29, 0.717) is 12.3 Å². The number of amides is 1. The van der Waals surface area contributed by atoms with Crippen LogP contribution in [0.4, 0.5) is 0 Å². The van der Waals surface area contributed by atoms with Crippen molar-refractivity contribution in [2.75, 3.05) is 20.2 Å². The van der Waals surface area contributed by atoms with Crippen LogP contribution in [0.15, 0.2) is 24.3 Å². The number of piperidine rings is 1. The van der Waals surface area contributed by atoms with E-state index < -0.39 is 0 Å². The summed E-state index contributed by atoms with van der Waals surface area (Å²) in [7, 11) is 1.65. The van der Waals surface area contributed by atoms with E-state index >= 15 is 0 Å². The Morgan fingerprint density at radius 1 is 1.44 bits per heavy atom. The van der Waals surface area contributed by atoms with Crippen molar-refractivity contribution in [2.24, 2.45) is 5.92 Å². The normalized spacial score (nSPS) is 19.7. The third kappa shape index (κ3) is 3.03. The monoisotopic (exact) mass is 247 g/mol. The number of hydrogen-bond donors (Lipinski definition) is 0. The van der Waals surface area contributed by atoms with E-state index in [4.69, 9.17) is 4.74 Å². The molecule has 1 aromatic rings. The van der Waals surface area contributed by atoms with Gasteiger partial charge in [-0.1, -0.05) is 25.1 Å². The summed E-state index contributed by atoms with van der Waals surface area (Å²) in [5, 5.41) is 0. The number of likely N-dealkylation sites (tertiary alicyclic amines) is 1. The highest BCUT2D eigenvalue weighted by Gasteiger charge is 2.21. The van der Waals surface area contributed by atoms with Crippen molar-refractivity contribution < 1.29 is 9.53 Å². The zero-order valence-corrected chi connectivity index (χ0v) is 11.2. The number of carbonyl (C=O) groups excluding carboxylic acids is 1. The molecular weight excluding hydrogens is 226 g/mol. The third-order valence-corrected chi connectivity index (χ3v) is 3.54. The lowest BCUT2D eigenvalue weighted by atomic mass is 9.99. The lowest BCUT2D eigenvalue weighted by molar-refractivity contribution is -0.132. The predicted molar refractivity (Wildman–Crippen MR) is 71.7 cm³/mol. The van der Waals surface area contributed by atoms with Gasteiger partial charge in [-0.2, -0.15) is 0 Å². The van der Waals surface area contributed by atoms with Crippen LogP contribution in [0.1, 0.15) is 25.3 Å². The summed E-state index contributed by atoms with van der Waals surface area (Å²) < 4.78 is 5.28. The van der Waals surface area contributed by atoms with Gasteiger partial charge in [-0.15, -0.1) is 0 Å². The quantitative estimate of drug-likeness (QED) is 0.821. The molecule has 1 atom stereocenters. The molecule has 0 aliphatic carbocycles. The van der Waals surface area contributed by atoms with Gasteiger partial charge in [-0.25, -0.2) is 0 Å². The van der Waals surface area contributed by atoms with Gasteiger partial charge in [0, 0.05) is 18.7 Å². The van der Waals surface area contributed by atoms with Gasteiger partial charge in [0.25, 0.3) is 0 Å². The Morgan fingerprint density at radius 3 is 2.94 bits per heavy atom. The molecule has 0 unspecified atom stereocenters. The molecule has 98 valence electrons. The SMILES string of the molecule is COc1ccccc1CC(=O)N1CCC[C@@H](C)C1. The second-order valence-electron chi connectivity index (χ2n) is 5.08. The number of rotatable bonds is 3. The molecule has 1 amide bonds. The summed E-state index contributed by atoms with van der Waals surface area (Å²) in [6.45, 7) is 4.01. The predicted octanol–water partition coefficient (Wildman–Crippen LogP) is 2.50. The van der Waals surface area contributed by atoms with Gasteiger partial charge in [0.2, 0.25) is 5.91 Å². The lowest BCUT2D eigenvalue weighted by Gasteiger charge is -2.31. The molecule has 1 fully saturated rings. The standard InChI is InChI=1S/C15H21NO2/c1-12-6-5-9-16(11-12)15(17)10-13-7-3-4-8-14(13)18-2/h3-4,7-8,12H,5-6,9-11H2,1-2H3/t12-/m1/s1. The summed E-state index contributed by atoms with van der Waals surface area (Å²) in [6.07, 6.45) is 2.80. The van der Waals surface area contributed by atoms with Crippen molar-refractivity contribution in [3.63, 3.8) is 0 Å². The molecule has 1 aliphatic rings. The Balaban J connectivity index is 2.02. The minimum Gasteiger partial charge on any atom is -0.496 e. The molecule has 3 heteroatoms. The first-order chi connectivity index (χ1) is 8.70. The maximum atomic E-state index is 12.3. The first kappa shape index (κ1) is 12.9. The first-order valence-electron chi connectivity index (χ1n) is 6.60. The maximum Gasteiger partial charge on any atom is 0.227 e. The number of carbonyl (C=O) groups is 1. The molecule has 18 heavy (non-hydrogen) atoms. The second-order valence-corrected chi connectivity index (χ2v) is 5.08. The highest BCUT2D eigenvalue weighted by molar-refractivity contribution is 5.79. The van der Waals surface area contributed by atoms with Crippen LogP contribution in [0.2, 0.25) is 0 Å². The van der Waals surface area contributed by atoms with E-state index in [1.807, 2.05) is 29.2 Å². The molecule has 1 heterocycles. The Bertz CT molecular complexity index is 417. The molecular formula is C15H21NO2. The Morgan fingerprint density at radius 2 is 2.22 bits per heavy atom. The van der Waals surface area contributed by atoms with E-state index in [9.17, 15) is 4.79 Å². The molecule has 0 spiro atoms. The van der Waals surface area contributed by atoms with Crippen molar-refractivity contribution in [3.05, 3.63) is 29.8 Å². The van der Waals surface area contributed by atoms with Gasteiger partial charge in [0.15, 0.2) is 0 Å². The largest absolute Gasteiger partial charge is 0.496 e. The minimum absolute atomic E-state index is 0.214. The van der Waals surface area contributed by atoms with Gasteiger partial charge >= 0.3 is 0 Å². The van der Waals surface area contributed by atoms with Crippen molar-refractivity contribution in [2.45, 2.75) is 26.2 Å². The maximum absolute atomic E-state index is 12.3. The third-order valence-electron chi connectivity index (χ3n) is 3.54. The van der Waals surface area contributed by atoms with Crippen molar-refractivity contribution in [1.29, 1.82) is 0 Å². The molecule has 0 saturated carbocycles. The summed E-state index contributed by atoms with van der Waals surface area (Å²) >= 11 is 0. The average Bonchev–Trinajstić information content (AvgIpc) is 2.39. The highest BCUT2D eigenvalue weighted by Crippen LogP contribution is 2.21. The molecule has 1 aromatic carbocycles. The molecule has 1 saturated heterocycles. The van der Waals surface area contributed by atoms with Gasteiger partial charge in [0.05, 0.1) is 13.5 Å². The average molecular weight is 247 g/mol. The van der Waals surface area contributed by atoms with E-state index in [1.165, 1.54) is 6.42 Å². The molecule has 0 bridgehead atoms. The summed E-state index contributed by atoms with van der Waals surface area (Å²) in [6, 6.07) is 7.74. The molecule has 0 aromatic heterocycles. The van der Waals surface area contributed by atoms with Gasteiger partial charge in [0.1, 0.15) is 5.75 Å². The van der Waals surface area contributed by atoms with E-state index in [0.717, 1.165) is 30.8 Å². The van der Waals surface area contributed by atoms with Crippen LogP contribution in [0.25, 0.3) is 0 Å². The fourth-order valence-electron chi connectivity index (χ4n) is 2.54. The number of methoxy groups -OCH3 is 1. The smallest absolute Gasteiger partial charge is 0.227 e. The van der Waals surface area contributed by atoms with Crippen LogP contribution in [-0.4, -0.2) is 31.0 Å². The summed E-state index contributed by atoms with van der Waals surface area (Å²) in [5.74, 6) is 1.64. The first-order valence-corrected chi connectivity index (χ1v) is 6.60. The highest BCUT2D eigenvalue weighted by atomic mass is 16.5. The zero-order chi connectivity index (χ0) is 13.0. The van der Waals surface area contributed by atoms with Crippen LogP contribution < -0.4 is 4.74 Å². The van der Waals surface area contributed by atoms with Crippen LogP contribution in [0, 0.1) is 5.92 Å². The lowest BCUT2D eigenvalue weighted by Crippen LogP contribution is -2.39. The number of ether oxygens (including phenoxy) is 1.